The van der Waals surface area contributed by atoms with Crippen molar-refractivity contribution in [2.75, 3.05) is 0 Å². The van der Waals surface area contributed by atoms with Crippen LogP contribution in [0, 0.1) is 17.8 Å². The second-order valence-electron chi connectivity index (χ2n) is 7.15. The summed E-state index contributed by atoms with van der Waals surface area (Å²) in [7, 11) is 0. The lowest BCUT2D eigenvalue weighted by molar-refractivity contribution is -0.186. The van der Waals surface area contributed by atoms with Crippen LogP contribution in [0.25, 0.3) is 0 Å². The number of amides is 1. The second-order valence-corrected chi connectivity index (χ2v) is 7.15. The van der Waals surface area contributed by atoms with Gasteiger partial charge in [-0.25, -0.2) is 0 Å². The molecule has 7 heteroatoms. The van der Waals surface area contributed by atoms with Crippen molar-refractivity contribution in [2.45, 2.75) is 70.0 Å². The fourth-order valence-corrected chi connectivity index (χ4v) is 3.99. The predicted octanol–water partition coefficient (Wildman–Crippen LogP) is 3.50. The van der Waals surface area contributed by atoms with Crippen molar-refractivity contribution in [3.05, 3.63) is 0 Å². The van der Waals surface area contributed by atoms with Crippen LogP contribution in [0.1, 0.15) is 58.3 Å². The summed E-state index contributed by atoms with van der Waals surface area (Å²) in [5, 5.41) is 12.1. The van der Waals surface area contributed by atoms with Gasteiger partial charge in [-0.3, -0.25) is 9.59 Å². The van der Waals surface area contributed by atoms with Gasteiger partial charge in [0.05, 0.1) is 17.4 Å². The molecular formula is C16H24F3NO3. The molecule has 2 aliphatic rings. The van der Waals surface area contributed by atoms with Crippen LogP contribution < -0.4 is 5.32 Å². The smallest absolute Gasteiger partial charge is 0.391 e. The highest BCUT2D eigenvalue weighted by molar-refractivity contribution is 5.81. The van der Waals surface area contributed by atoms with Crippen molar-refractivity contribution in [2.24, 2.45) is 17.8 Å². The molecule has 1 amide bonds. The maximum Gasteiger partial charge on any atom is 0.391 e. The van der Waals surface area contributed by atoms with E-state index in [2.05, 4.69) is 5.32 Å². The van der Waals surface area contributed by atoms with Crippen molar-refractivity contribution in [1.82, 2.24) is 5.32 Å². The molecule has 2 rings (SSSR count). The average molecular weight is 335 g/mol. The summed E-state index contributed by atoms with van der Waals surface area (Å²) in [5.41, 5.74) is -0.869. The minimum Gasteiger partial charge on any atom is -0.481 e. The van der Waals surface area contributed by atoms with Gasteiger partial charge in [-0.15, -0.1) is 0 Å². The molecule has 23 heavy (non-hydrogen) atoms. The zero-order chi connectivity index (χ0) is 17.3. The quantitative estimate of drug-likeness (QED) is 0.829. The van der Waals surface area contributed by atoms with Gasteiger partial charge in [0.1, 0.15) is 0 Å². The van der Waals surface area contributed by atoms with E-state index in [0.717, 1.165) is 12.8 Å². The molecule has 0 radical (unpaired) electrons. The number of aliphatic carboxylic acids is 1. The lowest BCUT2D eigenvalue weighted by Crippen LogP contribution is -2.57. The zero-order valence-electron chi connectivity index (χ0n) is 13.3. The van der Waals surface area contributed by atoms with E-state index in [1.165, 1.54) is 0 Å². The summed E-state index contributed by atoms with van der Waals surface area (Å²) < 4.78 is 38.6. The molecule has 0 aromatic heterocycles. The topological polar surface area (TPSA) is 66.4 Å². The highest BCUT2D eigenvalue weighted by atomic mass is 19.4. The maximum absolute atomic E-state index is 12.9. The molecule has 0 aromatic carbocycles. The molecule has 2 fully saturated rings. The monoisotopic (exact) mass is 335 g/mol. The van der Waals surface area contributed by atoms with Crippen LogP contribution in [-0.4, -0.2) is 28.7 Å². The molecule has 0 aliphatic heterocycles. The molecule has 2 saturated carbocycles. The molecule has 132 valence electrons. The maximum atomic E-state index is 12.9. The first-order chi connectivity index (χ1) is 10.6. The average Bonchev–Trinajstić information content (AvgIpc) is 2.46. The molecule has 2 N–H and O–H groups in total. The first-order valence-electron chi connectivity index (χ1n) is 8.25. The van der Waals surface area contributed by atoms with Gasteiger partial charge >= 0.3 is 12.1 Å². The Balaban J connectivity index is 2.03. The normalized spacial score (nSPS) is 35.6. The Kier molecular flexibility index (Phi) is 5.26. The van der Waals surface area contributed by atoms with Crippen molar-refractivity contribution in [1.29, 1.82) is 0 Å². The number of carbonyl (C=O) groups is 2. The molecule has 2 aliphatic carbocycles. The number of rotatable bonds is 3. The van der Waals surface area contributed by atoms with E-state index in [1.807, 2.05) is 0 Å². The highest BCUT2D eigenvalue weighted by Gasteiger charge is 2.46. The van der Waals surface area contributed by atoms with Crippen LogP contribution in [0.5, 0.6) is 0 Å². The Hall–Kier alpha value is -1.27. The van der Waals surface area contributed by atoms with Crippen LogP contribution in [0.3, 0.4) is 0 Å². The summed E-state index contributed by atoms with van der Waals surface area (Å²) >= 11 is 0. The van der Waals surface area contributed by atoms with E-state index in [4.69, 9.17) is 0 Å². The van der Waals surface area contributed by atoms with E-state index in [0.29, 0.717) is 25.7 Å². The SMILES string of the molecule is CC1(NC(=O)C2CCCC(C(F)(F)F)C2)CCCCC1C(=O)O. The molecule has 4 unspecified atom stereocenters. The highest BCUT2D eigenvalue weighted by Crippen LogP contribution is 2.41. The third-order valence-corrected chi connectivity index (χ3v) is 5.42. The number of nitrogens with one attached hydrogen (secondary N) is 1. The van der Waals surface area contributed by atoms with Gasteiger partial charge in [0.25, 0.3) is 0 Å². The van der Waals surface area contributed by atoms with Crippen LogP contribution >= 0.6 is 0 Å². The Labute approximate surface area is 133 Å². The first kappa shape index (κ1) is 18.1. The van der Waals surface area contributed by atoms with Crippen LogP contribution in [0.4, 0.5) is 13.2 Å². The van der Waals surface area contributed by atoms with E-state index >= 15 is 0 Å². The first-order valence-corrected chi connectivity index (χ1v) is 8.25. The molecule has 0 aromatic rings. The Morgan fingerprint density at radius 1 is 1.13 bits per heavy atom. The Morgan fingerprint density at radius 3 is 2.43 bits per heavy atom. The molecule has 0 heterocycles. The Morgan fingerprint density at radius 2 is 1.83 bits per heavy atom. The number of halogens is 3. The summed E-state index contributed by atoms with van der Waals surface area (Å²) in [6.45, 7) is 1.70. The minimum absolute atomic E-state index is 0.0717. The summed E-state index contributed by atoms with van der Waals surface area (Å²) in [6.07, 6.45) is -0.929. The van der Waals surface area contributed by atoms with Crippen LogP contribution in [0.2, 0.25) is 0 Å². The van der Waals surface area contributed by atoms with E-state index < -0.39 is 41.3 Å². The van der Waals surface area contributed by atoms with Crippen molar-refractivity contribution >= 4 is 11.9 Å². The van der Waals surface area contributed by atoms with Gasteiger partial charge in [-0.1, -0.05) is 19.3 Å². The fraction of sp³-hybridized carbons (Fsp3) is 0.875. The molecule has 0 spiro atoms. The molecular weight excluding hydrogens is 311 g/mol. The Bertz CT molecular complexity index is 466. The van der Waals surface area contributed by atoms with Gasteiger partial charge in [0.2, 0.25) is 5.91 Å². The lowest BCUT2D eigenvalue weighted by Gasteiger charge is -2.41. The zero-order valence-corrected chi connectivity index (χ0v) is 13.3. The van der Waals surface area contributed by atoms with Crippen molar-refractivity contribution in [3.63, 3.8) is 0 Å². The second kappa shape index (κ2) is 6.69. The lowest BCUT2D eigenvalue weighted by atomic mass is 9.73. The van der Waals surface area contributed by atoms with Gasteiger partial charge < -0.3 is 10.4 Å². The summed E-state index contributed by atoms with van der Waals surface area (Å²) in [4.78, 5) is 23.9. The number of carboxylic acid groups (broad SMARTS) is 1. The standard InChI is InChI=1S/C16H24F3NO3/c1-15(8-3-2-7-12(15)14(22)23)20-13(21)10-5-4-6-11(9-10)16(17,18)19/h10-12H,2-9H2,1H3,(H,20,21)(H,22,23). The number of alkyl halides is 3. The molecule has 4 atom stereocenters. The number of hydrogen-bond donors (Lipinski definition) is 2. The number of carboxylic acids is 1. The molecule has 0 saturated heterocycles. The van der Waals surface area contributed by atoms with Gasteiger partial charge in [0, 0.05) is 5.92 Å². The minimum atomic E-state index is -4.27. The third kappa shape index (κ3) is 4.18. The van der Waals surface area contributed by atoms with Crippen molar-refractivity contribution < 1.29 is 27.9 Å². The third-order valence-electron chi connectivity index (χ3n) is 5.42. The molecule has 4 nitrogen and oxygen atoms in total. The largest absolute Gasteiger partial charge is 0.481 e. The van der Waals surface area contributed by atoms with Gasteiger partial charge in [0.15, 0.2) is 0 Å². The van der Waals surface area contributed by atoms with E-state index in [9.17, 15) is 27.9 Å². The fourth-order valence-electron chi connectivity index (χ4n) is 3.99. The van der Waals surface area contributed by atoms with Crippen LogP contribution in [-0.2, 0) is 9.59 Å². The van der Waals surface area contributed by atoms with E-state index in [1.54, 1.807) is 6.92 Å². The van der Waals surface area contributed by atoms with Gasteiger partial charge in [-0.2, -0.15) is 13.2 Å². The summed E-state index contributed by atoms with van der Waals surface area (Å²) in [6, 6.07) is 0. The summed E-state index contributed by atoms with van der Waals surface area (Å²) in [5.74, 6) is -4.16. The predicted molar refractivity (Wildman–Crippen MR) is 77.6 cm³/mol. The van der Waals surface area contributed by atoms with Crippen molar-refractivity contribution in [3.8, 4) is 0 Å². The number of carbonyl (C=O) groups excluding carboxylic acids is 1. The number of hydrogen-bond acceptors (Lipinski definition) is 2. The van der Waals surface area contributed by atoms with Crippen LogP contribution in [0.15, 0.2) is 0 Å². The van der Waals surface area contributed by atoms with Gasteiger partial charge in [-0.05, 0) is 39.0 Å². The van der Waals surface area contributed by atoms with E-state index in [-0.39, 0.29) is 12.8 Å². The molecule has 0 bridgehead atoms.